The highest BCUT2D eigenvalue weighted by molar-refractivity contribution is 7.99. The fourth-order valence-electron chi connectivity index (χ4n) is 1.39. The Morgan fingerprint density at radius 1 is 1.32 bits per heavy atom. The van der Waals surface area contributed by atoms with Crippen molar-refractivity contribution in [1.82, 2.24) is 5.32 Å². The molecule has 1 rings (SSSR count). The number of urea groups is 1. The average molecular weight is 365 g/mol. The van der Waals surface area contributed by atoms with Crippen LogP contribution in [0.15, 0.2) is 18.2 Å². The summed E-state index contributed by atoms with van der Waals surface area (Å²) in [5.74, 6) is -0.755. The van der Waals surface area contributed by atoms with E-state index in [4.69, 9.17) is 33.7 Å². The molecule has 9 heteroatoms. The van der Waals surface area contributed by atoms with Crippen molar-refractivity contribution in [2.75, 3.05) is 5.75 Å². The highest BCUT2D eigenvalue weighted by Crippen LogP contribution is 2.24. The first-order valence-electron chi connectivity index (χ1n) is 6.11. The van der Waals surface area contributed by atoms with Crippen molar-refractivity contribution in [3.63, 3.8) is 0 Å². The predicted octanol–water partition coefficient (Wildman–Crippen LogP) is 2.35. The minimum atomic E-state index is -1.09. The van der Waals surface area contributed by atoms with Gasteiger partial charge in [0.25, 0.3) is 5.91 Å². The Bertz CT molecular complexity index is 583. The molecule has 0 fully saturated rings. The van der Waals surface area contributed by atoms with Crippen molar-refractivity contribution < 1.29 is 19.1 Å². The molecule has 6 nitrogen and oxygen atoms in total. The third-order valence-corrected chi connectivity index (χ3v) is 4.11. The molecule has 0 radical (unpaired) electrons. The van der Waals surface area contributed by atoms with Gasteiger partial charge < -0.3 is 10.5 Å². The molecular weight excluding hydrogens is 351 g/mol. The zero-order valence-electron chi connectivity index (χ0n) is 11.6. The van der Waals surface area contributed by atoms with Gasteiger partial charge in [-0.25, -0.2) is 4.79 Å². The molecule has 1 atom stereocenters. The number of carbonyl (C=O) groups excluding carboxylic acids is 3. The van der Waals surface area contributed by atoms with Crippen molar-refractivity contribution in [3.8, 4) is 0 Å². The zero-order valence-corrected chi connectivity index (χ0v) is 13.9. The lowest BCUT2D eigenvalue weighted by Crippen LogP contribution is -2.42. The first kappa shape index (κ1) is 18.6. The van der Waals surface area contributed by atoms with Crippen molar-refractivity contribution in [2.24, 2.45) is 5.73 Å². The first-order chi connectivity index (χ1) is 10.3. The van der Waals surface area contributed by atoms with Crippen LogP contribution in [0.5, 0.6) is 0 Å². The van der Waals surface area contributed by atoms with E-state index in [1.54, 1.807) is 18.2 Å². The van der Waals surface area contributed by atoms with Gasteiger partial charge in [-0.1, -0.05) is 29.3 Å². The molecule has 1 aromatic carbocycles. The van der Waals surface area contributed by atoms with Crippen LogP contribution >= 0.6 is 35.0 Å². The van der Waals surface area contributed by atoms with Gasteiger partial charge in [0.1, 0.15) is 0 Å². The van der Waals surface area contributed by atoms with Gasteiger partial charge in [-0.2, -0.15) is 0 Å². The number of imide groups is 1. The lowest BCUT2D eigenvalue weighted by atomic mass is 10.2. The molecular formula is C13H14Cl2N2O4S. The van der Waals surface area contributed by atoms with Gasteiger partial charge in [-0.15, -0.1) is 11.8 Å². The normalized spacial score (nSPS) is 11.6. The number of hydrogen-bond acceptors (Lipinski definition) is 5. The van der Waals surface area contributed by atoms with E-state index in [9.17, 15) is 14.4 Å². The lowest BCUT2D eigenvalue weighted by molar-refractivity contribution is -0.151. The molecule has 0 aromatic heterocycles. The summed E-state index contributed by atoms with van der Waals surface area (Å²) >= 11 is 13.0. The number of amides is 3. The molecule has 0 spiro atoms. The van der Waals surface area contributed by atoms with Crippen molar-refractivity contribution in [1.29, 1.82) is 0 Å². The fourth-order valence-corrected chi connectivity index (χ4v) is 2.46. The number of halogens is 2. The van der Waals surface area contributed by atoms with Crippen LogP contribution in [0, 0.1) is 0 Å². The number of rotatable bonds is 6. The van der Waals surface area contributed by atoms with Crippen LogP contribution in [0.2, 0.25) is 10.0 Å². The summed E-state index contributed by atoms with van der Waals surface area (Å²) in [6.45, 7) is 1.35. The summed E-state index contributed by atoms with van der Waals surface area (Å²) in [6, 6.07) is 4.19. The van der Waals surface area contributed by atoms with Gasteiger partial charge in [0.15, 0.2) is 6.10 Å². The van der Waals surface area contributed by atoms with E-state index >= 15 is 0 Å². The average Bonchev–Trinajstić information content (AvgIpc) is 2.42. The Kier molecular flexibility index (Phi) is 7.50. The minimum Gasteiger partial charge on any atom is -0.452 e. The first-order valence-corrected chi connectivity index (χ1v) is 8.02. The van der Waals surface area contributed by atoms with E-state index in [0.29, 0.717) is 15.8 Å². The molecule has 3 N–H and O–H groups in total. The van der Waals surface area contributed by atoms with Crippen LogP contribution in [0.4, 0.5) is 4.79 Å². The molecule has 0 aliphatic heterocycles. The Morgan fingerprint density at radius 3 is 2.59 bits per heavy atom. The molecule has 0 heterocycles. The third kappa shape index (κ3) is 6.55. The maximum atomic E-state index is 11.6. The highest BCUT2D eigenvalue weighted by atomic mass is 35.5. The van der Waals surface area contributed by atoms with Crippen LogP contribution < -0.4 is 11.1 Å². The van der Waals surface area contributed by atoms with Crippen molar-refractivity contribution in [2.45, 2.75) is 18.8 Å². The molecule has 120 valence electrons. The SMILES string of the molecule is C[C@H](OC(=O)CSCc1ccc(Cl)c(Cl)c1)C(=O)NC(N)=O. The van der Waals surface area contributed by atoms with Gasteiger partial charge in [-0.3, -0.25) is 14.9 Å². The topological polar surface area (TPSA) is 98.5 Å². The monoisotopic (exact) mass is 364 g/mol. The fraction of sp³-hybridized carbons (Fsp3) is 0.308. The van der Waals surface area contributed by atoms with Crippen LogP contribution in [-0.4, -0.2) is 29.8 Å². The molecule has 0 bridgehead atoms. The second-order valence-electron chi connectivity index (χ2n) is 4.23. The van der Waals surface area contributed by atoms with Gasteiger partial charge >= 0.3 is 12.0 Å². The predicted molar refractivity (Wildman–Crippen MR) is 85.9 cm³/mol. The second-order valence-corrected chi connectivity index (χ2v) is 6.03. The van der Waals surface area contributed by atoms with E-state index in [1.807, 2.05) is 5.32 Å². The Balaban J connectivity index is 2.35. The Morgan fingerprint density at radius 2 is 2.00 bits per heavy atom. The lowest BCUT2D eigenvalue weighted by Gasteiger charge is -2.11. The van der Waals surface area contributed by atoms with E-state index in [2.05, 4.69) is 0 Å². The summed E-state index contributed by atoms with van der Waals surface area (Å²) in [6.07, 6.45) is -1.09. The summed E-state index contributed by atoms with van der Waals surface area (Å²) < 4.78 is 4.87. The van der Waals surface area contributed by atoms with Crippen molar-refractivity contribution >= 4 is 52.9 Å². The largest absolute Gasteiger partial charge is 0.452 e. The number of esters is 1. The standard InChI is InChI=1S/C13H14Cl2N2O4S/c1-7(12(19)17-13(16)20)21-11(18)6-22-5-8-2-3-9(14)10(15)4-8/h2-4,7H,5-6H2,1H3,(H3,16,17,19,20)/t7-/m0/s1. The summed E-state index contributed by atoms with van der Waals surface area (Å²) in [5.41, 5.74) is 5.70. The smallest absolute Gasteiger partial charge is 0.318 e. The molecule has 0 saturated carbocycles. The second kappa shape index (κ2) is 8.87. The summed E-state index contributed by atoms with van der Waals surface area (Å²) in [7, 11) is 0. The minimum absolute atomic E-state index is 0.0500. The molecule has 1 aromatic rings. The molecule has 0 unspecified atom stereocenters. The van der Waals surface area contributed by atoms with Crippen LogP contribution in [0.1, 0.15) is 12.5 Å². The van der Waals surface area contributed by atoms with Crippen LogP contribution in [-0.2, 0) is 20.1 Å². The molecule has 22 heavy (non-hydrogen) atoms. The quantitative estimate of drug-likeness (QED) is 0.754. The molecule has 3 amide bonds. The summed E-state index contributed by atoms with van der Waals surface area (Å²) in [5, 5.41) is 2.74. The highest BCUT2D eigenvalue weighted by Gasteiger charge is 2.18. The van der Waals surface area contributed by atoms with Crippen LogP contribution in [0.3, 0.4) is 0 Å². The number of ether oxygens (including phenoxy) is 1. The molecule has 0 saturated heterocycles. The van der Waals surface area contributed by atoms with Crippen molar-refractivity contribution in [3.05, 3.63) is 33.8 Å². The number of primary amides is 1. The van der Waals surface area contributed by atoms with Gasteiger partial charge in [0.05, 0.1) is 15.8 Å². The maximum absolute atomic E-state index is 11.6. The molecule has 0 aliphatic rings. The number of nitrogens with two attached hydrogens (primary N) is 1. The van der Waals surface area contributed by atoms with Gasteiger partial charge in [-0.05, 0) is 24.6 Å². The maximum Gasteiger partial charge on any atom is 0.318 e. The number of hydrogen-bond donors (Lipinski definition) is 2. The third-order valence-electron chi connectivity index (χ3n) is 2.40. The number of carbonyl (C=O) groups is 3. The van der Waals surface area contributed by atoms with E-state index in [1.165, 1.54) is 18.7 Å². The van der Waals surface area contributed by atoms with E-state index in [-0.39, 0.29) is 5.75 Å². The number of nitrogens with one attached hydrogen (secondary N) is 1. The Labute approximate surface area is 141 Å². The number of benzene rings is 1. The number of thioether (sulfide) groups is 1. The summed E-state index contributed by atoms with van der Waals surface area (Å²) in [4.78, 5) is 33.4. The van der Waals surface area contributed by atoms with E-state index in [0.717, 1.165) is 5.56 Å². The van der Waals surface area contributed by atoms with E-state index < -0.39 is 24.0 Å². The van der Waals surface area contributed by atoms with Gasteiger partial charge in [0, 0.05) is 5.75 Å². The zero-order chi connectivity index (χ0) is 16.7. The Hall–Kier alpha value is -1.44. The van der Waals surface area contributed by atoms with Crippen LogP contribution in [0.25, 0.3) is 0 Å². The molecule has 0 aliphatic carbocycles. The van der Waals surface area contributed by atoms with Gasteiger partial charge in [0.2, 0.25) is 0 Å².